The number of aromatic nitrogens is 1. The van der Waals surface area contributed by atoms with Gasteiger partial charge in [-0.15, -0.1) is 0 Å². The molecule has 34 heavy (non-hydrogen) atoms. The number of nitrogens with zero attached hydrogens (tertiary/aromatic N) is 1. The topological polar surface area (TPSA) is 76.0 Å². The van der Waals surface area contributed by atoms with Crippen LogP contribution in [-0.4, -0.2) is 42.7 Å². The van der Waals surface area contributed by atoms with Crippen molar-refractivity contribution in [3.05, 3.63) is 83.2 Å². The van der Waals surface area contributed by atoms with Gasteiger partial charge in [0.05, 0.1) is 13.7 Å². The highest BCUT2D eigenvalue weighted by atomic mass is 16.6. The number of ether oxygens (including phenoxy) is 4. The van der Waals surface area contributed by atoms with E-state index in [4.69, 9.17) is 18.9 Å². The molecule has 1 atom stereocenters. The second-order valence-electron chi connectivity index (χ2n) is 8.03. The van der Waals surface area contributed by atoms with Gasteiger partial charge >= 0.3 is 5.97 Å². The van der Waals surface area contributed by atoms with Crippen LogP contribution in [0.2, 0.25) is 0 Å². The van der Waals surface area contributed by atoms with Gasteiger partial charge in [-0.3, -0.25) is 4.79 Å². The van der Waals surface area contributed by atoms with Gasteiger partial charge in [0, 0.05) is 23.0 Å². The molecule has 1 aliphatic rings. The second-order valence-corrected chi connectivity index (χ2v) is 8.03. The number of hydrogen-bond donors (Lipinski definition) is 0. The van der Waals surface area contributed by atoms with Crippen LogP contribution in [0.4, 0.5) is 0 Å². The molecule has 0 bridgehead atoms. The minimum absolute atomic E-state index is 0.178. The van der Waals surface area contributed by atoms with Crippen molar-refractivity contribution >= 4 is 17.8 Å². The van der Waals surface area contributed by atoms with Gasteiger partial charge in [0.2, 0.25) is 5.78 Å². The van der Waals surface area contributed by atoms with Crippen molar-refractivity contribution < 1.29 is 28.5 Å². The number of esters is 1. The Kier molecular flexibility index (Phi) is 7.01. The van der Waals surface area contributed by atoms with Crippen LogP contribution >= 0.6 is 0 Å². The maximum absolute atomic E-state index is 12.8. The Morgan fingerprint density at radius 3 is 2.68 bits per heavy atom. The van der Waals surface area contributed by atoms with Crippen LogP contribution in [0.15, 0.2) is 60.7 Å². The lowest BCUT2D eigenvalue weighted by molar-refractivity contribution is -0.136. The maximum Gasteiger partial charge on any atom is 0.331 e. The largest absolute Gasteiger partial charge is 0.497 e. The number of benzene rings is 2. The first-order chi connectivity index (χ1) is 16.4. The SMILES string of the molecule is COc1cccc(C=CC(=O)OCC(=O)c2cc(C)n(CC3COc4ccccc4O3)c2C)c1. The quantitative estimate of drug-likeness (QED) is 0.281. The third-order valence-electron chi connectivity index (χ3n) is 5.68. The van der Waals surface area contributed by atoms with Crippen LogP contribution in [0.1, 0.15) is 27.3 Å². The number of carbonyl (C=O) groups excluding carboxylic acids is 2. The first-order valence-electron chi connectivity index (χ1n) is 11.0. The monoisotopic (exact) mass is 461 g/mol. The molecule has 4 rings (SSSR count). The molecule has 7 nitrogen and oxygen atoms in total. The molecule has 176 valence electrons. The number of ketones is 1. The highest BCUT2D eigenvalue weighted by Crippen LogP contribution is 2.31. The molecule has 0 saturated carbocycles. The Bertz CT molecular complexity index is 1230. The number of para-hydroxylation sites is 2. The van der Waals surface area contributed by atoms with Crippen LogP contribution < -0.4 is 14.2 Å². The first kappa shape index (κ1) is 23.2. The highest BCUT2D eigenvalue weighted by Gasteiger charge is 2.24. The normalized spacial score (nSPS) is 14.7. The molecular formula is C27H27NO6. The van der Waals surface area contributed by atoms with E-state index in [2.05, 4.69) is 0 Å². The standard InChI is InChI=1S/C27H27NO6/c1-18-13-23(19(2)28(18)15-22-16-32-25-9-4-5-10-26(25)34-22)24(29)17-33-27(30)12-11-20-7-6-8-21(14-20)31-3/h4-14,22H,15-17H2,1-3H3. The van der Waals surface area contributed by atoms with E-state index in [9.17, 15) is 9.59 Å². The van der Waals surface area contributed by atoms with E-state index in [1.165, 1.54) is 6.08 Å². The molecule has 1 aliphatic heterocycles. The van der Waals surface area contributed by atoms with Crippen LogP contribution in [0.3, 0.4) is 0 Å². The molecule has 0 aliphatic carbocycles. The van der Waals surface area contributed by atoms with E-state index in [1.807, 2.05) is 66.9 Å². The Morgan fingerprint density at radius 1 is 1.09 bits per heavy atom. The van der Waals surface area contributed by atoms with Crippen molar-refractivity contribution in [2.45, 2.75) is 26.5 Å². The molecule has 0 saturated heterocycles. The van der Waals surface area contributed by atoms with Gasteiger partial charge in [0.1, 0.15) is 12.4 Å². The Balaban J connectivity index is 1.35. The summed E-state index contributed by atoms with van der Waals surface area (Å²) in [7, 11) is 1.58. The van der Waals surface area contributed by atoms with Crippen LogP contribution in [0, 0.1) is 13.8 Å². The van der Waals surface area contributed by atoms with E-state index in [0.717, 1.165) is 22.7 Å². The molecule has 2 aromatic carbocycles. The highest BCUT2D eigenvalue weighted by molar-refractivity contribution is 6.00. The van der Waals surface area contributed by atoms with Gasteiger partial charge in [-0.1, -0.05) is 24.3 Å². The number of rotatable bonds is 8. The summed E-state index contributed by atoms with van der Waals surface area (Å²) in [6.07, 6.45) is 2.73. The van der Waals surface area contributed by atoms with Gasteiger partial charge in [0.15, 0.2) is 24.2 Å². The third-order valence-corrected chi connectivity index (χ3v) is 5.68. The molecule has 0 fully saturated rings. The smallest absolute Gasteiger partial charge is 0.331 e. The van der Waals surface area contributed by atoms with Gasteiger partial charge in [-0.25, -0.2) is 4.79 Å². The van der Waals surface area contributed by atoms with Crippen LogP contribution in [0.25, 0.3) is 6.08 Å². The molecule has 7 heteroatoms. The average Bonchev–Trinajstić information content (AvgIpc) is 3.14. The molecule has 0 radical (unpaired) electrons. The van der Waals surface area contributed by atoms with Gasteiger partial charge in [-0.2, -0.15) is 0 Å². The summed E-state index contributed by atoms with van der Waals surface area (Å²) >= 11 is 0. The Labute approximate surface area is 198 Å². The summed E-state index contributed by atoms with van der Waals surface area (Å²) in [4.78, 5) is 24.9. The molecular weight excluding hydrogens is 434 g/mol. The molecule has 0 spiro atoms. The van der Waals surface area contributed by atoms with Crippen molar-refractivity contribution in [3.8, 4) is 17.2 Å². The predicted octanol–water partition coefficient (Wildman–Crippen LogP) is 4.39. The summed E-state index contributed by atoms with van der Waals surface area (Å²) < 4.78 is 24.2. The molecule has 1 aromatic heterocycles. The zero-order chi connectivity index (χ0) is 24.1. The summed E-state index contributed by atoms with van der Waals surface area (Å²) in [5.41, 5.74) is 3.04. The number of methoxy groups -OCH3 is 1. The number of Topliss-reactive ketones (excluding diaryl/α,β-unsaturated/α-hetero) is 1. The zero-order valence-corrected chi connectivity index (χ0v) is 19.4. The van der Waals surface area contributed by atoms with Crippen molar-refractivity contribution in [3.63, 3.8) is 0 Å². The molecule has 3 aromatic rings. The second kappa shape index (κ2) is 10.3. The fourth-order valence-electron chi connectivity index (χ4n) is 3.89. The zero-order valence-electron chi connectivity index (χ0n) is 19.4. The number of hydrogen-bond acceptors (Lipinski definition) is 6. The van der Waals surface area contributed by atoms with Crippen LogP contribution in [-0.2, 0) is 16.1 Å². The minimum atomic E-state index is -0.587. The molecule has 1 unspecified atom stereocenters. The molecule has 0 amide bonds. The number of aryl methyl sites for hydroxylation is 1. The summed E-state index contributed by atoms with van der Waals surface area (Å²) in [5.74, 6) is 1.30. The van der Waals surface area contributed by atoms with Crippen LogP contribution in [0.5, 0.6) is 17.2 Å². The van der Waals surface area contributed by atoms with Crippen molar-refractivity contribution in [2.24, 2.45) is 0 Å². The van der Waals surface area contributed by atoms with Gasteiger partial charge < -0.3 is 23.5 Å². The van der Waals surface area contributed by atoms with E-state index in [-0.39, 0.29) is 18.5 Å². The minimum Gasteiger partial charge on any atom is -0.497 e. The third kappa shape index (κ3) is 5.31. The molecule has 2 heterocycles. The Hall–Kier alpha value is -4.00. The predicted molar refractivity (Wildman–Crippen MR) is 128 cm³/mol. The number of carbonyl (C=O) groups is 2. The first-order valence-corrected chi connectivity index (χ1v) is 11.0. The molecule has 0 N–H and O–H groups in total. The summed E-state index contributed by atoms with van der Waals surface area (Å²) in [6, 6.07) is 16.7. The lowest BCUT2D eigenvalue weighted by Gasteiger charge is -2.27. The van der Waals surface area contributed by atoms with Gasteiger partial charge in [0.25, 0.3) is 0 Å². The summed E-state index contributed by atoms with van der Waals surface area (Å²) in [5, 5.41) is 0. The van der Waals surface area contributed by atoms with Crippen molar-refractivity contribution in [1.82, 2.24) is 4.57 Å². The number of fused-ring (bicyclic) bond motifs is 1. The van der Waals surface area contributed by atoms with E-state index in [0.29, 0.717) is 30.2 Å². The van der Waals surface area contributed by atoms with Gasteiger partial charge in [-0.05, 0) is 55.8 Å². The Morgan fingerprint density at radius 2 is 1.88 bits per heavy atom. The fraction of sp³-hybridized carbons (Fsp3) is 0.259. The lowest BCUT2D eigenvalue weighted by atomic mass is 10.1. The maximum atomic E-state index is 12.8. The van der Waals surface area contributed by atoms with E-state index in [1.54, 1.807) is 19.3 Å². The van der Waals surface area contributed by atoms with Crippen molar-refractivity contribution in [2.75, 3.05) is 20.3 Å². The average molecular weight is 462 g/mol. The van der Waals surface area contributed by atoms with E-state index < -0.39 is 5.97 Å². The van der Waals surface area contributed by atoms with Crippen molar-refractivity contribution in [1.29, 1.82) is 0 Å². The summed E-state index contributed by atoms with van der Waals surface area (Å²) in [6.45, 7) is 4.45. The fourth-order valence-corrected chi connectivity index (χ4v) is 3.89. The lowest BCUT2D eigenvalue weighted by Crippen LogP contribution is -2.33. The van der Waals surface area contributed by atoms with E-state index >= 15 is 0 Å².